The number of methoxy groups -OCH3 is 2. The predicted molar refractivity (Wildman–Crippen MR) is 78.0 cm³/mol. The minimum absolute atomic E-state index is 0.325. The Labute approximate surface area is 123 Å². The van der Waals surface area contributed by atoms with E-state index in [0.29, 0.717) is 23.6 Å². The van der Waals surface area contributed by atoms with Gasteiger partial charge in [0.25, 0.3) is 0 Å². The van der Waals surface area contributed by atoms with E-state index in [1.54, 1.807) is 25.1 Å². The van der Waals surface area contributed by atoms with Gasteiger partial charge in [0, 0.05) is 18.8 Å². The van der Waals surface area contributed by atoms with Gasteiger partial charge in [-0.15, -0.1) is 0 Å². The Morgan fingerprint density at radius 3 is 2.38 bits per heavy atom. The normalized spacial score (nSPS) is 11.4. The quantitative estimate of drug-likeness (QED) is 0.838. The Balaban J connectivity index is 2.85. The summed E-state index contributed by atoms with van der Waals surface area (Å²) >= 11 is 0. The van der Waals surface area contributed by atoms with Crippen LogP contribution in [-0.2, 0) is 4.79 Å². The molecule has 7 heteroatoms. The van der Waals surface area contributed by atoms with E-state index < -0.39 is 18.0 Å². The first-order valence-corrected chi connectivity index (χ1v) is 6.43. The lowest BCUT2D eigenvalue weighted by molar-refractivity contribution is -0.141. The van der Waals surface area contributed by atoms with Gasteiger partial charge in [0.1, 0.15) is 6.04 Å². The van der Waals surface area contributed by atoms with Gasteiger partial charge in [-0.3, -0.25) is 0 Å². The molecular formula is C14H20N2O5. The topological polar surface area (TPSA) is 88.1 Å². The summed E-state index contributed by atoms with van der Waals surface area (Å²) in [4.78, 5) is 24.3. The standard InChI is InChI=1S/C14H20N2O5/c1-5-10(13(17)18)16(2)14(19)15-9-6-7-11(20-3)12(8-9)21-4/h6-8,10H,5H2,1-4H3,(H,15,19)(H,17,18). The Morgan fingerprint density at radius 1 is 1.29 bits per heavy atom. The highest BCUT2D eigenvalue weighted by Crippen LogP contribution is 2.29. The van der Waals surface area contributed by atoms with Crippen molar-refractivity contribution in [3.05, 3.63) is 18.2 Å². The number of nitrogens with zero attached hydrogens (tertiary/aromatic N) is 1. The van der Waals surface area contributed by atoms with Crippen LogP contribution in [0.4, 0.5) is 10.5 Å². The summed E-state index contributed by atoms with van der Waals surface area (Å²) in [5.41, 5.74) is 0.491. The van der Waals surface area contributed by atoms with Gasteiger partial charge in [-0.25, -0.2) is 9.59 Å². The lowest BCUT2D eigenvalue weighted by Crippen LogP contribution is -2.44. The number of carboxylic acid groups (broad SMARTS) is 1. The maximum absolute atomic E-state index is 12.1. The summed E-state index contributed by atoms with van der Waals surface area (Å²) < 4.78 is 10.2. The van der Waals surface area contributed by atoms with E-state index in [4.69, 9.17) is 14.6 Å². The minimum atomic E-state index is -1.04. The second kappa shape index (κ2) is 7.37. The average molecular weight is 296 g/mol. The second-order valence-corrected chi connectivity index (χ2v) is 4.37. The first-order valence-electron chi connectivity index (χ1n) is 6.43. The average Bonchev–Trinajstić information content (AvgIpc) is 2.47. The van der Waals surface area contributed by atoms with Gasteiger partial charge in [0.05, 0.1) is 14.2 Å². The van der Waals surface area contributed by atoms with Crippen LogP contribution in [0.25, 0.3) is 0 Å². The molecule has 0 aliphatic rings. The number of rotatable bonds is 6. The third-order valence-electron chi connectivity index (χ3n) is 3.09. The van der Waals surface area contributed by atoms with Crippen LogP contribution in [0, 0.1) is 0 Å². The fourth-order valence-electron chi connectivity index (χ4n) is 1.88. The number of benzene rings is 1. The van der Waals surface area contributed by atoms with Gasteiger partial charge < -0.3 is 24.8 Å². The van der Waals surface area contributed by atoms with Gasteiger partial charge in [-0.1, -0.05) is 6.92 Å². The molecule has 1 aromatic rings. The monoisotopic (exact) mass is 296 g/mol. The molecule has 0 radical (unpaired) electrons. The zero-order chi connectivity index (χ0) is 16.0. The van der Waals surface area contributed by atoms with Crippen molar-refractivity contribution in [2.24, 2.45) is 0 Å². The molecule has 1 unspecified atom stereocenters. The summed E-state index contributed by atoms with van der Waals surface area (Å²) in [6.07, 6.45) is 0.325. The van der Waals surface area contributed by atoms with Crippen molar-refractivity contribution in [1.82, 2.24) is 4.90 Å². The number of carbonyl (C=O) groups is 2. The summed E-state index contributed by atoms with van der Waals surface area (Å²) in [5.74, 6) is -0.0217. The molecule has 0 saturated heterocycles. The van der Waals surface area contributed by atoms with E-state index >= 15 is 0 Å². The largest absolute Gasteiger partial charge is 0.493 e. The number of nitrogens with one attached hydrogen (secondary N) is 1. The maximum Gasteiger partial charge on any atom is 0.326 e. The molecule has 0 saturated carbocycles. The number of carbonyl (C=O) groups excluding carboxylic acids is 1. The summed E-state index contributed by atoms with van der Waals surface area (Å²) in [6, 6.07) is 3.53. The van der Waals surface area contributed by atoms with E-state index in [-0.39, 0.29) is 0 Å². The SMILES string of the molecule is CCC(C(=O)O)N(C)C(=O)Nc1ccc(OC)c(OC)c1. The third kappa shape index (κ3) is 4.01. The molecule has 0 fully saturated rings. The summed E-state index contributed by atoms with van der Waals surface area (Å²) in [7, 11) is 4.45. The number of amides is 2. The van der Waals surface area contributed by atoms with Crippen molar-refractivity contribution in [3.63, 3.8) is 0 Å². The van der Waals surface area contributed by atoms with Crippen LogP contribution in [-0.4, -0.2) is 49.3 Å². The fourth-order valence-corrected chi connectivity index (χ4v) is 1.88. The summed E-state index contributed by atoms with van der Waals surface area (Å²) in [5, 5.41) is 11.7. The highest BCUT2D eigenvalue weighted by molar-refractivity contribution is 5.92. The Morgan fingerprint density at radius 2 is 1.90 bits per heavy atom. The fraction of sp³-hybridized carbons (Fsp3) is 0.429. The molecule has 0 heterocycles. The third-order valence-corrected chi connectivity index (χ3v) is 3.09. The van der Waals surface area contributed by atoms with E-state index in [1.807, 2.05) is 0 Å². The molecule has 0 aromatic heterocycles. The number of ether oxygens (including phenoxy) is 2. The lowest BCUT2D eigenvalue weighted by Gasteiger charge is -2.24. The number of hydrogen-bond acceptors (Lipinski definition) is 4. The first-order chi connectivity index (χ1) is 9.94. The van der Waals surface area contributed by atoms with Crippen molar-refractivity contribution in [2.75, 3.05) is 26.6 Å². The Kier molecular flexibility index (Phi) is 5.83. The Hall–Kier alpha value is -2.44. The molecule has 1 aromatic carbocycles. The number of anilines is 1. The van der Waals surface area contributed by atoms with Gasteiger partial charge in [0.2, 0.25) is 0 Å². The molecule has 0 aliphatic carbocycles. The molecule has 116 valence electrons. The van der Waals surface area contributed by atoms with Crippen molar-refractivity contribution < 1.29 is 24.2 Å². The van der Waals surface area contributed by atoms with E-state index in [2.05, 4.69) is 5.32 Å². The zero-order valence-electron chi connectivity index (χ0n) is 12.5. The van der Waals surface area contributed by atoms with Crippen molar-refractivity contribution >= 4 is 17.7 Å². The van der Waals surface area contributed by atoms with Gasteiger partial charge in [-0.2, -0.15) is 0 Å². The van der Waals surface area contributed by atoms with Crippen LogP contribution in [0.3, 0.4) is 0 Å². The number of carboxylic acids is 1. The first kappa shape index (κ1) is 16.6. The van der Waals surface area contributed by atoms with Crippen molar-refractivity contribution in [3.8, 4) is 11.5 Å². The van der Waals surface area contributed by atoms with Crippen LogP contribution in [0.1, 0.15) is 13.3 Å². The molecule has 0 bridgehead atoms. The number of aliphatic carboxylic acids is 1. The van der Waals surface area contributed by atoms with Crippen molar-refractivity contribution in [2.45, 2.75) is 19.4 Å². The minimum Gasteiger partial charge on any atom is -0.493 e. The molecule has 2 amide bonds. The molecular weight excluding hydrogens is 276 g/mol. The zero-order valence-corrected chi connectivity index (χ0v) is 12.5. The highest BCUT2D eigenvalue weighted by Gasteiger charge is 2.24. The van der Waals surface area contributed by atoms with E-state index in [0.717, 1.165) is 4.90 Å². The molecule has 7 nitrogen and oxygen atoms in total. The molecule has 21 heavy (non-hydrogen) atoms. The maximum atomic E-state index is 12.1. The van der Waals surface area contributed by atoms with E-state index in [1.165, 1.54) is 21.3 Å². The van der Waals surface area contributed by atoms with Crippen LogP contribution in [0.5, 0.6) is 11.5 Å². The molecule has 1 atom stereocenters. The van der Waals surface area contributed by atoms with Gasteiger partial charge >= 0.3 is 12.0 Å². The predicted octanol–water partition coefficient (Wildman–Crippen LogP) is 2.03. The number of likely N-dealkylation sites (N-methyl/N-ethyl adjacent to an activating group) is 1. The van der Waals surface area contributed by atoms with E-state index in [9.17, 15) is 9.59 Å². The van der Waals surface area contributed by atoms with Crippen LogP contribution < -0.4 is 14.8 Å². The molecule has 1 rings (SSSR count). The van der Waals surface area contributed by atoms with Crippen LogP contribution in [0.2, 0.25) is 0 Å². The van der Waals surface area contributed by atoms with Crippen LogP contribution >= 0.6 is 0 Å². The number of urea groups is 1. The van der Waals surface area contributed by atoms with Crippen LogP contribution in [0.15, 0.2) is 18.2 Å². The van der Waals surface area contributed by atoms with Gasteiger partial charge in [-0.05, 0) is 18.6 Å². The molecule has 2 N–H and O–H groups in total. The highest BCUT2D eigenvalue weighted by atomic mass is 16.5. The Bertz CT molecular complexity index is 518. The second-order valence-electron chi connectivity index (χ2n) is 4.37. The smallest absolute Gasteiger partial charge is 0.326 e. The number of hydrogen-bond donors (Lipinski definition) is 2. The molecule has 0 spiro atoms. The van der Waals surface area contributed by atoms with Crippen molar-refractivity contribution in [1.29, 1.82) is 0 Å². The molecule has 0 aliphatic heterocycles. The lowest BCUT2D eigenvalue weighted by atomic mass is 10.2. The summed E-state index contributed by atoms with van der Waals surface area (Å²) in [6.45, 7) is 1.71. The van der Waals surface area contributed by atoms with Gasteiger partial charge in [0.15, 0.2) is 11.5 Å².